The molecule has 0 aromatic heterocycles. The highest BCUT2D eigenvalue weighted by Gasteiger charge is 2.23. The van der Waals surface area contributed by atoms with Crippen LogP contribution in [0.1, 0.15) is 213 Å². The number of unbranched alkanes of at least 4 members (excludes halogenated alkanes) is 25. The molecule has 346 valence electrons. The number of amides is 1. The highest BCUT2D eigenvalue weighted by Crippen LogP contribution is 2.38. The van der Waals surface area contributed by atoms with Gasteiger partial charge in [-0.1, -0.05) is 197 Å². The fourth-order valence-electron chi connectivity index (χ4n) is 6.86. The number of quaternary nitrogens is 1. The van der Waals surface area contributed by atoms with Gasteiger partial charge in [0.05, 0.1) is 39.9 Å². The summed E-state index contributed by atoms with van der Waals surface area (Å²) in [6.07, 6.45) is 53.0. The number of hydrogen-bond donors (Lipinski definition) is 2. The van der Waals surface area contributed by atoms with Gasteiger partial charge in [0.15, 0.2) is 0 Å². The molecule has 59 heavy (non-hydrogen) atoms. The number of phosphoric ester groups is 1. The predicted molar refractivity (Wildman–Crippen MR) is 251 cm³/mol. The van der Waals surface area contributed by atoms with Crippen LogP contribution in [0.15, 0.2) is 48.6 Å². The summed E-state index contributed by atoms with van der Waals surface area (Å²) >= 11 is 0. The lowest BCUT2D eigenvalue weighted by atomic mass is 10.0. The normalized spacial score (nSPS) is 14.6. The zero-order chi connectivity index (χ0) is 43.6. The molecule has 0 heterocycles. The fourth-order valence-corrected chi connectivity index (χ4v) is 7.59. The molecule has 0 rings (SSSR count). The number of hydrogen-bond acceptors (Lipinski definition) is 6. The zero-order valence-electron chi connectivity index (χ0n) is 39.2. The van der Waals surface area contributed by atoms with Crippen molar-refractivity contribution in [2.24, 2.45) is 0 Å². The third-order valence-corrected chi connectivity index (χ3v) is 11.7. The molecule has 0 aromatic carbocycles. The lowest BCUT2D eigenvalue weighted by Crippen LogP contribution is -2.45. The highest BCUT2D eigenvalue weighted by molar-refractivity contribution is 7.45. The molecular formula is C50H95N2O6P. The zero-order valence-corrected chi connectivity index (χ0v) is 40.1. The van der Waals surface area contributed by atoms with Crippen LogP contribution in [0.3, 0.4) is 0 Å². The average Bonchev–Trinajstić information content (AvgIpc) is 3.19. The Bertz CT molecular complexity index is 1100. The van der Waals surface area contributed by atoms with E-state index in [2.05, 4.69) is 55.6 Å². The van der Waals surface area contributed by atoms with E-state index in [0.717, 1.165) is 51.4 Å². The maximum absolute atomic E-state index is 12.9. The monoisotopic (exact) mass is 851 g/mol. The van der Waals surface area contributed by atoms with E-state index in [1.807, 2.05) is 27.2 Å². The van der Waals surface area contributed by atoms with E-state index < -0.39 is 20.0 Å². The molecule has 9 heteroatoms. The first kappa shape index (κ1) is 57.5. The molecule has 0 aliphatic heterocycles. The second kappa shape index (κ2) is 41.8. The van der Waals surface area contributed by atoms with Gasteiger partial charge in [-0.15, -0.1) is 0 Å². The summed E-state index contributed by atoms with van der Waals surface area (Å²) in [5.74, 6) is -0.203. The van der Waals surface area contributed by atoms with E-state index in [4.69, 9.17) is 9.05 Å². The van der Waals surface area contributed by atoms with E-state index >= 15 is 0 Å². The molecule has 0 spiro atoms. The summed E-state index contributed by atoms with van der Waals surface area (Å²) < 4.78 is 23.2. The predicted octanol–water partition coefficient (Wildman–Crippen LogP) is 13.4. The number of carbonyl (C=O) groups excluding carboxylic acids is 1. The number of rotatable bonds is 44. The van der Waals surface area contributed by atoms with Crippen molar-refractivity contribution in [3.8, 4) is 0 Å². The molecule has 0 fully saturated rings. The number of aliphatic hydroxyl groups excluding tert-OH is 1. The van der Waals surface area contributed by atoms with Crippen molar-refractivity contribution in [3.63, 3.8) is 0 Å². The van der Waals surface area contributed by atoms with Gasteiger partial charge < -0.3 is 28.8 Å². The number of nitrogens with zero attached hydrogens (tertiary/aromatic N) is 1. The van der Waals surface area contributed by atoms with Crippen LogP contribution >= 0.6 is 7.82 Å². The second-order valence-corrected chi connectivity index (χ2v) is 19.2. The summed E-state index contributed by atoms with van der Waals surface area (Å²) in [7, 11) is 1.25. The number of likely N-dealkylation sites (N-methyl/N-ethyl adjacent to an activating group) is 1. The van der Waals surface area contributed by atoms with E-state index in [0.29, 0.717) is 17.4 Å². The van der Waals surface area contributed by atoms with Gasteiger partial charge in [0, 0.05) is 6.42 Å². The van der Waals surface area contributed by atoms with Gasteiger partial charge in [0.2, 0.25) is 5.91 Å². The minimum atomic E-state index is -4.59. The van der Waals surface area contributed by atoms with Crippen LogP contribution in [0, 0.1) is 0 Å². The van der Waals surface area contributed by atoms with Crippen LogP contribution in [0.5, 0.6) is 0 Å². The van der Waals surface area contributed by atoms with Gasteiger partial charge in [0.25, 0.3) is 7.82 Å². The fraction of sp³-hybridized carbons (Fsp3) is 0.820. The number of aliphatic hydroxyl groups is 1. The number of carbonyl (C=O) groups is 1. The molecule has 0 saturated carbocycles. The lowest BCUT2D eigenvalue weighted by Gasteiger charge is -2.29. The molecule has 2 N–H and O–H groups in total. The lowest BCUT2D eigenvalue weighted by molar-refractivity contribution is -0.870. The van der Waals surface area contributed by atoms with Crippen LogP contribution < -0.4 is 10.2 Å². The summed E-state index contributed by atoms with van der Waals surface area (Å²) in [6.45, 7) is 4.62. The molecule has 0 saturated heterocycles. The van der Waals surface area contributed by atoms with Gasteiger partial charge in [-0.05, 0) is 57.8 Å². The quantitative estimate of drug-likeness (QED) is 0.0274. The average molecular weight is 851 g/mol. The summed E-state index contributed by atoms with van der Waals surface area (Å²) in [6, 6.07) is -0.888. The third kappa shape index (κ3) is 44.3. The molecule has 3 atom stereocenters. The maximum Gasteiger partial charge on any atom is 0.268 e. The Hall–Kier alpha value is -1.54. The summed E-state index contributed by atoms with van der Waals surface area (Å²) in [4.78, 5) is 25.3. The van der Waals surface area contributed by atoms with Crippen molar-refractivity contribution in [3.05, 3.63) is 48.6 Å². The Balaban J connectivity index is 4.25. The van der Waals surface area contributed by atoms with Gasteiger partial charge in [-0.3, -0.25) is 9.36 Å². The van der Waals surface area contributed by atoms with Crippen molar-refractivity contribution in [2.45, 2.75) is 225 Å². The van der Waals surface area contributed by atoms with Crippen LogP contribution in [0.25, 0.3) is 0 Å². The summed E-state index contributed by atoms with van der Waals surface area (Å²) in [5, 5.41) is 13.8. The number of phosphoric acid groups is 1. The highest BCUT2D eigenvalue weighted by atomic mass is 31.2. The number of nitrogens with one attached hydrogen (secondary N) is 1. The SMILES string of the molecule is CCCCCCC/C=C\C/C=C\C/C=C\CCCCCCCCCCCCC(=O)NC(COP(=O)([O-])OCC[N+](C)(C)C)C(O)/C=C/CCCCCCCCCCCC. The Morgan fingerprint density at radius 2 is 0.983 bits per heavy atom. The Morgan fingerprint density at radius 1 is 0.593 bits per heavy atom. The van der Waals surface area contributed by atoms with Gasteiger partial charge in [0.1, 0.15) is 13.2 Å². The topological polar surface area (TPSA) is 108 Å². The van der Waals surface area contributed by atoms with E-state index in [9.17, 15) is 19.4 Å². The van der Waals surface area contributed by atoms with Crippen molar-refractivity contribution < 1.29 is 32.9 Å². The molecule has 0 aliphatic rings. The van der Waals surface area contributed by atoms with Crippen molar-refractivity contribution >= 4 is 13.7 Å². The van der Waals surface area contributed by atoms with Gasteiger partial charge in [-0.25, -0.2) is 0 Å². The first-order chi connectivity index (χ1) is 28.5. The van der Waals surface area contributed by atoms with Crippen LogP contribution in [0.4, 0.5) is 0 Å². The van der Waals surface area contributed by atoms with E-state index in [1.54, 1.807) is 6.08 Å². The minimum absolute atomic E-state index is 0.00297. The molecule has 0 radical (unpaired) electrons. The first-order valence-corrected chi connectivity index (χ1v) is 26.0. The van der Waals surface area contributed by atoms with Crippen molar-refractivity contribution in [1.82, 2.24) is 5.32 Å². The molecule has 8 nitrogen and oxygen atoms in total. The van der Waals surface area contributed by atoms with Gasteiger partial charge >= 0.3 is 0 Å². The molecule has 0 aromatic rings. The standard InChI is InChI=1S/C50H95N2O6P/c1-6-8-10-12-14-16-18-20-21-22-23-24-25-26-27-28-29-30-31-32-34-36-38-40-42-44-50(54)51-48(47-58-59(55,56)57-46-45-52(3,4)5)49(53)43-41-39-37-35-33-19-17-15-13-11-9-7-2/h18,20,22-23,25-26,41,43,48-49,53H,6-17,19,21,24,27-40,42,44-47H2,1-5H3,(H-,51,54,55,56)/b20-18-,23-22-,26-25-,43-41+. The van der Waals surface area contributed by atoms with Crippen molar-refractivity contribution in [1.29, 1.82) is 0 Å². The molecule has 3 unspecified atom stereocenters. The van der Waals surface area contributed by atoms with Crippen LogP contribution in [-0.2, 0) is 18.4 Å². The molecular weight excluding hydrogens is 756 g/mol. The van der Waals surface area contributed by atoms with Crippen LogP contribution in [0.2, 0.25) is 0 Å². The maximum atomic E-state index is 12.9. The Labute approximate surface area is 365 Å². The first-order valence-electron chi connectivity index (χ1n) is 24.5. The van der Waals surface area contributed by atoms with Gasteiger partial charge in [-0.2, -0.15) is 0 Å². The molecule has 0 aliphatic carbocycles. The summed E-state index contributed by atoms with van der Waals surface area (Å²) in [5.41, 5.74) is 0. The van der Waals surface area contributed by atoms with Crippen LogP contribution in [-0.4, -0.2) is 68.5 Å². The van der Waals surface area contributed by atoms with E-state index in [-0.39, 0.29) is 19.1 Å². The minimum Gasteiger partial charge on any atom is -0.756 e. The largest absolute Gasteiger partial charge is 0.756 e. The van der Waals surface area contributed by atoms with Crippen molar-refractivity contribution in [2.75, 3.05) is 40.9 Å². The van der Waals surface area contributed by atoms with E-state index in [1.165, 1.54) is 141 Å². The molecule has 1 amide bonds. The molecule has 0 bridgehead atoms. The number of allylic oxidation sites excluding steroid dienone is 7. The Kier molecular flexibility index (Phi) is 40.7. The smallest absolute Gasteiger partial charge is 0.268 e. The third-order valence-electron chi connectivity index (χ3n) is 10.8. The Morgan fingerprint density at radius 3 is 1.42 bits per heavy atom. The second-order valence-electron chi connectivity index (χ2n) is 17.8.